The van der Waals surface area contributed by atoms with Gasteiger partial charge in [-0.3, -0.25) is 14.7 Å². The Balaban J connectivity index is 1.41. The molecule has 0 unspecified atom stereocenters. The molecular formula is C22H28N6O2. The van der Waals surface area contributed by atoms with E-state index in [0.717, 1.165) is 55.4 Å². The lowest BCUT2D eigenvalue weighted by Gasteiger charge is -2.25. The van der Waals surface area contributed by atoms with Crippen molar-refractivity contribution >= 4 is 22.9 Å². The summed E-state index contributed by atoms with van der Waals surface area (Å²) in [7, 11) is 0. The maximum absolute atomic E-state index is 12.9. The molecule has 0 radical (unpaired) electrons. The minimum Gasteiger partial charge on any atom is -0.307 e. The fraction of sp³-hybridized carbons (Fsp3) is 0.545. The van der Waals surface area contributed by atoms with Crippen LogP contribution in [0.4, 0.5) is 5.95 Å². The topological polar surface area (TPSA) is 86.7 Å². The third-order valence-corrected chi connectivity index (χ3v) is 6.36. The standard InChI is InChI=1S/C22H28N6O2/c29-20(15-27-22(30)26-14-8-2-5-13-19(26)25-27)24-21-23-17-11-6-7-12-18(17)28(21)16-9-3-1-4-10-16/h6-7,11-12,16H,1-5,8-10,13-15H2,(H,23,24,29). The van der Waals surface area contributed by atoms with Crippen LogP contribution >= 0.6 is 0 Å². The van der Waals surface area contributed by atoms with E-state index in [2.05, 4.69) is 26.0 Å². The minimum absolute atomic E-state index is 0.0906. The second-order valence-electron chi connectivity index (χ2n) is 8.45. The fourth-order valence-electron chi connectivity index (χ4n) is 4.87. The number of nitrogens with zero attached hydrogens (tertiary/aromatic N) is 5. The Hall–Kier alpha value is -2.90. The monoisotopic (exact) mass is 408 g/mol. The van der Waals surface area contributed by atoms with Gasteiger partial charge in [-0.2, -0.15) is 5.10 Å². The summed E-state index contributed by atoms with van der Waals surface area (Å²) in [5.74, 6) is 1.10. The van der Waals surface area contributed by atoms with Crippen molar-refractivity contribution in [2.24, 2.45) is 0 Å². The van der Waals surface area contributed by atoms with Crippen LogP contribution in [0.1, 0.15) is 63.2 Å². The zero-order chi connectivity index (χ0) is 20.5. The molecule has 0 spiro atoms. The summed E-state index contributed by atoms with van der Waals surface area (Å²) in [6, 6.07) is 8.34. The largest absolute Gasteiger partial charge is 0.346 e. The lowest BCUT2D eigenvalue weighted by Crippen LogP contribution is -2.31. The van der Waals surface area contributed by atoms with E-state index >= 15 is 0 Å². The van der Waals surface area contributed by atoms with Gasteiger partial charge in [-0.25, -0.2) is 14.5 Å². The molecule has 1 saturated carbocycles. The number of imidazole rings is 1. The van der Waals surface area contributed by atoms with Crippen molar-refractivity contribution in [1.82, 2.24) is 23.9 Å². The first-order valence-electron chi connectivity index (χ1n) is 11.1. The van der Waals surface area contributed by atoms with Crippen LogP contribution in [0.25, 0.3) is 11.0 Å². The van der Waals surface area contributed by atoms with Gasteiger partial charge in [0, 0.05) is 19.0 Å². The lowest BCUT2D eigenvalue weighted by molar-refractivity contribution is -0.117. The van der Waals surface area contributed by atoms with E-state index in [1.165, 1.54) is 23.9 Å². The molecule has 1 aromatic carbocycles. The average molecular weight is 409 g/mol. The van der Waals surface area contributed by atoms with Gasteiger partial charge in [0.2, 0.25) is 11.9 Å². The normalized spacial score (nSPS) is 17.6. The molecular weight excluding hydrogens is 380 g/mol. The molecule has 1 fully saturated rings. The van der Waals surface area contributed by atoms with Crippen molar-refractivity contribution < 1.29 is 4.79 Å². The molecule has 0 atom stereocenters. The van der Waals surface area contributed by atoms with E-state index in [1.54, 1.807) is 4.57 Å². The molecule has 30 heavy (non-hydrogen) atoms. The van der Waals surface area contributed by atoms with E-state index in [9.17, 15) is 9.59 Å². The molecule has 2 aliphatic rings. The maximum Gasteiger partial charge on any atom is 0.346 e. The van der Waals surface area contributed by atoms with Gasteiger partial charge in [-0.1, -0.05) is 37.8 Å². The van der Waals surface area contributed by atoms with Crippen LogP contribution in [0.15, 0.2) is 29.1 Å². The number of rotatable bonds is 4. The molecule has 1 N–H and O–H groups in total. The fourth-order valence-corrected chi connectivity index (χ4v) is 4.87. The smallest absolute Gasteiger partial charge is 0.307 e. The summed E-state index contributed by atoms with van der Waals surface area (Å²) in [6.45, 7) is 0.597. The van der Waals surface area contributed by atoms with Crippen LogP contribution in [0.3, 0.4) is 0 Å². The van der Waals surface area contributed by atoms with E-state index < -0.39 is 0 Å². The first-order valence-corrected chi connectivity index (χ1v) is 11.1. The van der Waals surface area contributed by atoms with Gasteiger partial charge in [-0.15, -0.1) is 0 Å². The van der Waals surface area contributed by atoms with Gasteiger partial charge in [-0.05, 0) is 37.8 Å². The van der Waals surface area contributed by atoms with Crippen molar-refractivity contribution in [2.45, 2.75) is 76.9 Å². The second kappa shape index (κ2) is 8.08. The molecule has 5 rings (SSSR count). The second-order valence-corrected chi connectivity index (χ2v) is 8.45. The molecule has 8 nitrogen and oxygen atoms in total. The highest BCUT2D eigenvalue weighted by Gasteiger charge is 2.23. The summed E-state index contributed by atoms with van der Waals surface area (Å²) >= 11 is 0. The molecule has 0 saturated heterocycles. The maximum atomic E-state index is 12.9. The molecule has 8 heteroatoms. The zero-order valence-corrected chi connectivity index (χ0v) is 17.2. The van der Waals surface area contributed by atoms with Gasteiger partial charge in [0.05, 0.1) is 11.0 Å². The average Bonchev–Trinajstić information content (AvgIpc) is 3.14. The third-order valence-electron chi connectivity index (χ3n) is 6.36. The number of anilines is 1. The Morgan fingerprint density at radius 2 is 1.87 bits per heavy atom. The molecule has 2 aromatic heterocycles. The van der Waals surface area contributed by atoms with Crippen LogP contribution < -0.4 is 11.0 Å². The summed E-state index contributed by atoms with van der Waals surface area (Å²) in [5, 5.41) is 7.40. The number of hydrogen-bond donors (Lipinski definition) is 1. The molecule has 1 aliphatic carbocycles. The highest BCUT2D eigenvalue weighted by Crippen LogP contribution is 2.34. The van der Waals surface area contributed by atoms with Crippen LogP contribution in [-0.4, -0.2) is 29.8 Å². The van der Waals surface area contributed by atoms with Crippen LogP contribution in [-0.2, 0) is 24.3 Å². The van der Waals surface area contributed by atoms with Gasteiger partial charge >= 0.3 is 5.69 Å². The molecule has 158 valence electrons. The first-order chi connectivity index (χ1) is 14.7. The number of aromatic nitrogens is 5. The molecule has 0 bridgehead atoms. The summed E-state index contributed by atoms with van der Waals surface area (Å²) in [5.41, 5.74) is 1.73. The van der Waals surface area contributed by atoms with Gasteiger partial charge in [0.15, 0.2) is 0 Å². The molecule has 1 aliphatic heterocycles. The number of fused-ring (bicyclic) bond motifs is 2. The van der Waals surface area contributed by atoms with Crippen LogP contribution in [0.5, 0.6) is 0 Å². The highest BCUT2D eigenvalue weighted by molar-refractivity contribution is 5.91. The SMILES string of the molecule is O=C(Cn1nc2n(c1=O)CCCCC2)Nc1nc2ccccc2n1C1CCCCC1. The van der Waals surface area contributed by atoms with E-state index in [4.69, 9.17) is 0 Å². The van der Waals surface area contributed by atoms with Crippen molar-refractivity contribution in [1.29, 1.82) is 0 Å². The molecule has 1 amide bonds. The minimum atomic E-state index is -0.266. The number of para-hydroxylation sites is 2. The Labute approximate surface area is 174 Å². The number of carbonyl (C=O) groups excluding carboxylic acids is 1. The number of amides is 1. The lowest BCUT2D eigenvalue weighted by atomic mass is 9.95. The number of aryl methyl sites for hydroxylation is 1. The predicted molar refractivity (Wildman–Crippen MR) is 115 cm³/mol. The van der Waals surface area contributed by atoms with Crippen molar-refractivity contribution in [3.8, 4) is 0 Å². The predicted octanol–water partition coefficient (Wildman–Crippen LogP) is 3.26. The summed E-state index contributed by atoms with van der Waals surface area (Å²) in [6.07, 6.45) is 9.76. The number of carbonyl (C=O) groups is 1. The number of benzene rings is 1. The van der Waals surface area contributed by atoms with Crippen molar-refractivity contribution in [3.05, 3.63) is 40.6 Å². The third kappa shape index (κ3) is 3.55. The number of hydrogen-bond acceptors (Lipinski definition) is 4. The first kappa shape index (κ1) is 19.1. The van der Waals surface area contributed by atoms with Crippen molar-refractivity contribution in [3.63, 3.8) is 0 Å². The Bertz CT molecular complexity index is 1120. The Kier molecular flexibility index (Phi) is 5.14. The molecule has 3 aromatic rings. The number of nitrogens with one attached hydrogen (secondary N) is 1. The summed E-state index contributed by atoms with van der Waals surface area (Å²) in [4.78, 5) is 30.2. The quantitative estimate of drug-likeness (QED) is 0.718. The van der Waals surface area contributed by atoms with Gasteiger partial charge in [0.25, 0.3) is 0 Å². The summed E-state index contributed by atoms with van der Waals surface area (Å²) < 4.78 is 5.19. The Morgan fingerprint density at radius 1 is 1.07 bits per heavy atom. The van der Waals surface area contributed by atoms with E-state index in [0.29, 0.717) is 18.5 Å². The van der Waals surface area contributed by atoms with Crippen LogP contribution in [0.2, 0.25) is 0 Å². The van der Waals surface area contributed by atoms with E-state index in [1.807, 2.05) is 18.2 Å². The molecule has 3 heterocycles. The van der Waals surface area contributed by atoms with Crippen LogP contribution in [0, 0.1) is 0 Å². The van der Waals surface area contributed by atoms with E-state index in [-0.39, 0.29) is 18.1 Å². The highest BCUT2D eigenvalue weighted by atomic mass is 16.2. The zero-order valence-electron chi connectivity index (χ0n) is 17.2. The van der Waals surface area contributed by atoms with Gasteiger partial charge < -0.3 is 4.57 Å². The Morgan fingerprint density at radius 3 is 2.73 bits per heavy atom. The van der Waals surface area contributed by atoms with Crippen molar-refractivity contribution in [2.75, 3.05) is 5.32 Å². The van der Waals surface area contributed by atoms with Gasteiger partial charge in [0.1, 0.15) is 12.4 Å².